The van der Waals surface area contributed by atoms with Crippen molar-refractivity contribution in [1.82, 2.24) is 0 Å². The lowest BCUT2D eigenvalue weighted by molar-refractivity contribution is -0.149. The number of carboxylic acid groups (broad SMARTS) is 2. The Morgan fingerprint density at radius 2 is 1.18 bits per heavy atom. The second kappa shape index (κ2) is 5.90. The molecule has 4 atom stereocenters. The van der Waals surface area contributed by atoms with E-state index in [1.165, 1.54) is 0 Å². The van der Waals surface area contributed by atoms with Gasteiger partial charge in [-0.2, -0.15) is 0 Å². The van der Waals surface area contributed by atoms with Gasteiger partial charge in [-0.25, -0.2) is 0 Å². The van der Waals surface area contributed by atoms with Crippen LogP contribution in [0, 0.1) is 33.5 Å². The number of nitrogens with zero attached hydrogens (tertiary/aromatic N) is 2. The lowest BCUT2D eigenvalue weighted by Gasteiger charge is -2.34. The molecular formula is C22H32N2O4. The van der Waals surface area contributed by atoms with Crippen molar-refractivity contribution in [3.63, 3.8) is 0 Å². The summed E-state index contributed by atoms with van der Waals surface area (Å²) in [5.41, 5.74) is -0.537. The molecule has 0 aromatic rings. The van der Waals surface area contributed by atoms with Crippen molar-refractivity contribution in [2.45, 2.75) is 66.2 Å². The molecule has 0 spiro atoms. The molecule has 6 heteroatoms. The van der Waals surface area contributed by atoms with Crippen molar-refractivity contribution in [2.24, 2.45) is 43.5 Å². The standard InChI is InChI=1S/C22H32N2O4/c1-19(2)13-5-7-21(19,17(25)26)15(11-13)23-9-10-24-16-12-14-6-8-22(16,18(27)28)20(14,3)4/h13-14H,5-12H2,1-4H3,(H,25,26)(H,27,28)/t13-,14-,21+,22+/m1/s1. The third kappa shape index (κ3) is 2.09. The summed E-state index contributed by atoms with van der Waals surface area (Å²) in [6, 6.07) is 0. The molecule has 4 fully saturated rings. The SMILES string of the molecule is CC1(C)[C@@H]2CC[C@@]1(C(=O)O)C(=NCCN=C1C[C@H]3CC[C@]1(C(=O)O)C3(C)C)C2. The first kappa shape index (κ1) is 19.6. The van der Waals surface area contributed by atoms with E-state index in [4.69, 9.17) is 9.98 Å². The highest BCUT2D eigenvalue weighted by atomic mass is 16.4. The molecule has 0 radical (unpaired) electrons. The first-order chi connectivity index (χ1) is 13.0. The highest BCUT2D eigenvalue weighted by Gasteiger charge is 2.68. The van der Waals surface area contributed by atoms with Gasteiger partial charge < -0.3 is 10.2 Å². The van der Waals surface area contributed by atoms with E-state index in [-0.39, 0.29) is 10.8 Å². The molecule has 28 heavy (non-hydrogen) atoms. The Bertz CT molecular complexity index is 730. The molecule has 4 aliphatic rings. The van der Waals surface area contributed by atoms with E-state index in [0.717, 1.165) is 37.1 Å². The maximum atomic E-state index is 12.2. The number of hydrogen-bond donors (Lipinski definition) is 2. The summed E-state index contributed by atoms with van der Waals surface area (Å²) in [6.07, 6.45) is 4.79. The van der Waals surface area contributed by atoms with Crippen LogP contribution in [0.5, 0.6) is 0 Å². The Kier molecular flexibility index (Phi) is 4.12. The van der Waals surface area contributed by atoms with E-state index in [1.807, 2.05) is 0 Å². The van der Waals surface area contributed by atoms with E-state index in [0.29, 0.717) is 37.8 Å². The molecule has 2 N–H and O–H groups in total. The van der Waals surface area contributed by atoms with E-state index < -0.39 is 22.8 Å². The molecule has 4 saturated carbocycles. The van der Waals surface area contributed by atoms with Gasteiger partial charge in [-0.1, -0.05) is 27.7 Å². The van der Waals surface area contributed by atoms with E-state index in [1.54, 1.807) is 0 Å². The van der Waals surface area contributed by atoms with Crippen LogP contribution in [0.4, 0.5) is 0 Å². The number of rotatable bonds is 5. The van der Waals surface area contributed by atoms with Gasteiger partial charge in [0.1, 0.15) is 10.8 Å². The molecule has 0 aliphatic heterocycles. The molecule has 0 unspecified atom stereocenters. The molecular weight excluding hydrogens is 356 g/mol. The monoisotopic (exact) mass is 388 g/mol. The van der Waals surface area contributed by atoms with Crippen LogP contribution in [-0.2, 0) is 9.59 Å². The van der Waals surface area contributed by atoms with Crippen molar-refractivity contribution >= 4 is 23.4 Å². The van der Waals surface area contributed by atoms with Gasteiger partial charge in [-0.3, -0.25) is 19.6 Å². The molecule has 4 aliphatic carbocycles. The van der Waals surface area contributed by atoms with Gasteiger partial charge in [0.2, 0.25) is 0 Å². The number of fused-ring (bicyclic) bond motifs is 4. The Hall–Kier alpha value is -1.72. The number of carbonyl (C=O) groups is 2. The van der Waals surface area contributed by atoms with Gasteiger partial charge in [0.25, 0.3) is 0 Å². The predicted octanol–water partition coefficient (Wildman–Crippen LogP) is 3.69. The summed E-state index contributed by atoms with van der Waals surface area (Å²) in [6.45, 7) is 9.14. The molecule has 4 bridgehead atoms. The summed E-state index contributed by atoms with van der Waals surface area (Å²) in [7, 11) is 0. The lowest BCUT2D eigenvalue weighted by atomic mass is 9.68. The van der Waals surface area contributed by atoms with Crippen LogP contribution < -0.4 is 0 Å². The second-order valence-corrected chi connectivity index (χ2v) is 10.4. The Morgan fingerprint density at radius 1 is 0.821 bits per heavy atom. The van der Waals surface area contributed by atoms with Crippen molar-refractivity contribution in [3.8, 4) is 0 Å². The second-order valence-electron chi connectivity index (χ2n) is 10.4. The Balaban J connectivity index is 1.52. The quantitative estimate of drug-likeness (QED) is 0.702. The van der Waals surface area contributed by atoms with Crippen LogP contribution in [0.1, 0.15) is 66.2 Å². The molecule has 4 rings (SSSR count). The molecule has 0 amide bonds. The average Bonchev–Trinajstić information content (AvgIpc) is 3.19. The first-order valence-corrected chi connectivity index (χ1v) is 10.6. The van der Waals surface area contributed by atoms with Crippen LogP contribution >= 0.6 is 0 Å². The smallest absolute Gasteiger partial charge is 0.315 e. The van der Waals surface area contributed by atoms with Crippen LogP contribution in [0.3, 0.4) is 0 Å². The third-order valence-electron chi connectivity index (χ3n) is 9.28. The van der Waals surface area contributed by atoms with Gasteiger partial charge in [-0.15, -0.1) is 0 Å². The van der Waals surface area contributed by atoms with Gasteiger partial charge >= 0.3 is 11.9 Å². The zero-order valence-corrected chi connectivity index (χ0v) is 17.4. The number of aliphatic carboxylic acids is 2. The van der Waals surface area contributed by atoms with E-state index >= 15 is 0 Å². The molecule has 6 nitrogen and oxygen atoms in total. The fourth-order valence-corrected chi connectivity index (χ4v) is 7.19. The van der Waals surface area contributed by atoms with Crippen molar-refractivity contribution in [2.75, 3.05) is 13.1 Å². The highest BCUT2D eigenvalue weighted by Crippen LogP contribution is 2.65. The Morgan fingerprint density at radius 3 is 1.46 bits per heavy atom. The summed E-state index contributed by atoms with van der Waals surface area (Å²) >= 11 is 0. The topological polar surface area (TPSA) is 99.3 Å². The van der Waals surface area contributed by atoms with Crippen LogP contribution in [0.2, 0.25) is 0 Å². The van der Waals surface area contributed by atoms with E-state index in [2.05, 4.69) is 27.7 Å². The van der Waals surface area contributed by atoms with Crippen LogP contribution in [0.25, 0.3) is 0 Å². The summed E-state index contributed by atoms with van der Waals surface area (Å²) in [5, 5.41) is 20.0. The van der Waals surface area contributed by atoms with Crippen LogP contribution in [-0.4, -0.2) is 46.7 Å². The maximum absolute atomic E-state index is 12.2. The van der Waals surface area contributed by atoms with Gasteiger partial charge in [-0.05, 0) is 61.2 Å². The molecule has 154 valence electrons. The Labute approximate surface area is 166 Å². The fraction of sp³-hybridized carbons (Fsp3) is 0.818. The van der Waals surface area contributed by atoms with Crippen molar-refractivity contribution in [3.05, 3.63) is 0 Å². The minimum atomic E-state index is -0.832. The van der Waals surface area contributed by atoms with Gasteiger partial charge in [0.05, 0.1) is 13.1 Å². The third-order valence-corrected chi connectivity index (χ3v) is 9.28. The molecule has 0 aromatic carbocycles. The fourth-order valence-electron chi connectivity index (χ4n) is 7.19. The van der Waals surface area contributed by atoms with Gasteiger partial charge in [0.15, 0.2) is 0 Å². The number of carboxylic acids is 2. The highest BCUT2D eigenvalue weighted by molar-refractivity contribution is 6.10. The molecule has 0 heterocycles. The summed E-state index contributed by atoms with van der Waals surface area (Å²) in [4.78, 5) is 33.7. The normalized spacial score (nSPS) is 42.6. The summed E-state index contributed by atoms with van der Waals surface area (Å²) < 4.78 is 0. The van der Waals surface area contributed by atoms with Crippen LogP contribution in [0.15, 0.2) is 9.98 Å². The first-order valence-electron chi connectivity index (χ1n) is 10.6. The minimum Gasteiger partial charge on any atom is -0.481 e. The zero-order chi connectivity index (χ0) is 20.5. The minimum absolute atomic E-state index is 0.258. The predicted molar refractivity (Wildman–Crippen MR) is 107 cm³/mol. The van der Waals surface area contributed by atoms with Crippen molar-refractivity contribution < 1.29 is 19.8 Å². The average molecular weight is 389 g/mol. The zero-order valence-electron chi connectivity index (χ0n) is 17.4. The molecule has 0 saturated heterocycles. The van der Waals surface area contributed by atoms with Crippen molar-refractivity contribution in [1.29, 1.82) is 0 Å². The number of hydrogen-bond acceptors (Lipinski definition) is 4. The molecule has 0 aromatic heterocycles. The van der Waals surface area contributed by atoms with Gasteiger partial charge in [0, 0.05) is 11.4 Å². The largest absolute Gasteiger partial charge is 0.481 e. The summed E-state index contributed by atoms with van der Waals surface area (Å²) in [5.74, 6) is -0.727. The number of aliphatic imine (C=N–C) groups is 2. The maximum Gasteiger partial charge on any atom is 0.315 e. The van der Waals surface area contributed by atoms with E-state index in [9.17, 15) is 19.8 Å². The lowest BCUT2D eigenvalue weighted by Crippen LogP contribution is -2.44.